The Morgan fingerprint density at radius 2 is 2.13 bits per heavy atom. The van der Waals surface area contributed by atoms with Crippen LogP contribution >= 0.6 is 0 Å². The number of hydrogen-bond donors (Lipinski definition) is 1. The number of benzene rings is 1. The zero-order valence-electron chi connectivity index (χ0n) is 12.1. The Labute approximate surface area is 132 Å². The van der Waals surface area contributed by atoms with Gasteiger partial charge in [0.2, 0.25) is 10.0 Å². The molecule has 0 unspecified atom stereocenters. The lowest BCUT2D eigenvalue weighted by Gasteiger charge is -2.21. The minimum absolute atomic E-state index is 0.0468. The van der Waals surface area contributed by atoms with Crippen LogP contribution in [0.3, 0.4) is 0 Å². The molecule has 2 aromatic rings. The van der Waals surface area contributed by atoms with Crippen LogP contribution < -0.4 is 0 Å². The first-order valence-corrected chi connectivity index (χ1v) is 8.67. The Balaban J connectivity index is 1.75. The van der Waals surface area contributed by atoms with Crippen molar-refractivity contribution < 1.29 is 27.5 Å². The summed E-state index contributed by atoms with van der Waals surface area (Å²) < 4.78 is 37.7. The molecule has 2 saturated heterocycles. The first-order chi connectivity index (χ1) is 10.9. The number of hydrogen-bond acceptors (Lipinski definition) is 5. The van der Waals surface area contributed by atoms with E-state index in [4.69, 9.17) is 9.15 Å². The molecule has 2 fully saturated rings. The summed E-state index contributed by atoms with van der Waals surface area (Å²) in [7, 11) is -3.81. The van der Waals surface area contributed by atoms with E-state index in [1.54, 1.807) is 24.3 Å². The van der Waals surface area contributed by atoms with Gasteiger partial charge in [0.25, 0.3) is 0 Å². The largest absolute Gasteiger partial charge is 0.481 e. The number of furan rings is 1. The number of aliphatic carboxylic acids is 1. The standard InChI is InChI=1S/C15H15NO6S/c17-14(18)15-8-16(5-10(15)6-21-9-15)23(19,20)13-7-22-12-4-2-1-3-11(12)13/h1-4,7,10H,5-6,8-9H2,(H,17,18)/t10-,15-/m1/s1. The molecule has 7 nitrogen and oxygen atoms in total. The van der Waals surface area contributed by atoms with Gasteiger partial charge in [0, 0.05) is 24.4 Å². The molecule has 2 aliphatic rings. The topological polar surface area (TPSA) is 97.0 Å². The Bertz CT molecular complexity index is 888. The average molecular weight is 337 g/mol. The smallest absolute Gasteiger partial charge is 0.313 e. The molecule has 1 N–H and O–H groups in total. The maximum atomic E-state index is 12.9. The third-order valence-corrected chi connectivity index (χ3v) is 6.66. The number of fused-ring (bicyclic) bond motifs is 2. The lowest BCUT2D eigenvalue weighted by molar-refractivity contribution is -0.149. The van der Waals surface area contributed by atoms with E-state index < -0.39 is 21.4 Å². The zero-order valence-corrected chi connectivity index (χ0v) is 13.0. The predicted molar refractivity (Wildman–Crippen MR) is 79.4 cm³/mol. The van der Waals surface area contributed by atoms with Gasteiger partial charge in [0.1, 0.15) is 22.2 Å². The van der Waals surface area contributed by atoms with Crippen LogP contribution in [0.25, 0.3) is 11.0 Å². The quantitative estimate of drug-likeness (QED) is 0.902. The van der Waals surface area contributed by atoms with Crippen LogP contribution in [-0.2, 0) is 19.6 Å². The van der Waals surface area contributed by atoms with Gasteiger partial charge >= 0.3 is 5.97 Å². The summed E-state index contributed by atoms with van der Waals surface area (Å²) in [6, 6.07) is 6.87. The van der Waals surface area contributed by atoms with E-state index in [0.29, 0.717) is 11.0 Å². The van der Waals surface area contributed by atoms with E-state index in [-0.39, 0.29) is 37.1 Å². The first-order valence-electron chi connectivity index (χ1n) is 7.23. The van der Waals surface area contributed by atoms with Gasteiger partial charge in [-0.2, -0.15) is 4.31 Å². The van der Waals surface area contributed by atoms with E-state index >= 15 is 0 Å². The fourth-order valence-electron chi connectivity index (χ4n) is 3.47. The lowest BCUT2D eigenvalue weighted by Crippen LogP contribution is -2.40. The van der Waals surface area contributed by atoms with Crippen molar-refractivity contribution in [3.05, 3.63) is 30.5 Å². The molecule has 2 aliphatic heterocycles. The molecule has 1 aromatic carbocycles. The maximum absolute atomic E-state index is 12.9. The Morgan fingerprint density at radius 3 is 2.87 bits per heavy atom. The number of ether oxygens (including phenoxy) is 1. The van der Waals surface area contributed by atoms with Crippen molar-refractivity contribution in [3.63, 3.8) is 0 Å². The summed E-state index contributed by atoms with van der Waals surface area (Å²) in [6.45, 7) is 0.387. The predicted octanol–water partition coefficient (Wildman–Crippen LogP) is 1.15. The molecule has 23 heavy (non-hydrogen) atoms. The van der Waals surface area contributed by atoms with Gasteiger partial charge in [-0.1, -0.05) is 12.1 Å². The monoisotopic (exact) mass is 337 g/mol. The minimum Gasteiger partial charge on any atom is -0.481 e. The van der Waals surface area contributed by atoms with Crippen LogP contribution in [0, 0.1) is 11.3 Å². The second-order valence-corrected chi connectivity index (χ2v) is 7.97. The third kappa shape index (κ3) is 1.95. The highest BCUT2D eigenvalue weighted by atomic mass is 32.2. The van der Waals surface area contributed by atoms with Crippen molar-refractivity contribution in [1.82, 2.24) is 4.31 Å². The molecule has 0 spiro atoms. The highest BCUT2D eigenvalue weighted by molar-refractivity contribution is 7.89. The number of carboxylic acids is 1. The number of carboxylic acid groups (broad SMARTS) is 1. The van der Waals surface area contributed by atoms with E-state index in [2.05, 4.69) is 0 Å². The summed E-state index contributed by atoms with van der Waals surface area (Å²) in [5.41, 5.74) is -0.658. The highest BCUT2D eigenvalue weighted by Crippen LogP contribution is 2.44. The van der Waals surface area contributed by atoms with Gasteiger partial charge in [-0.3, -0.25) is 4.79 Å². The Morgan fingerprint density at radius 1 is 1.35 bits per heavy atom. The zero-order chi connectivity index (χ0) is 16.2. The lowest BCUT2D eigenvalue weighted by atomic mass is 9.81. The number of rotatable bonds is 3. The number of sulfonamides is 1. The third-order valence-electron chi connectivity index (χ3n) is 4.83. The van der Waals surface area contributed by atoms with E-state index in [0.717, 1.165) is 0 Å². The fraction of sp³-hybridized carbons (Fsp3) is 0.400. The molecule has 8 heteroatoms. The second-order valence-electron chi connectivity index (χ2n) is 6.07. The molecule has 1 aromatic heterocycles. The number of para-hydroxylation sites is 1. The van der Waals surface area contributed by atoms with Crippen LogP contribution in [0.5, 0.6) is 0 Å². The summed E-state index contributed by atoms with van der Waals surface area (Å²) >= 11 is 0. The Hall–Kier alpha value is -1.90. The van der Waals surface area contributed by atoms with E-state index in [1.807, 2.05) is 0 Å². The summed E-state index contributed by atoms with van der Waals surface area (Å²) in [4.78, 5) is 11.7. The minimum atomic E-state index is -3.81. The summed E-state index contributed by atoms with van der Waals surface area (Å²) in [6.07, 6.45) is 1.22. The SMILES string of the molecule is O=C(O)[C@]12COC[C@H]1CN(S(=O)(=O)c1coc3ccccc13)C2. The van der Waals surface area contributed by atoms with Crippen LogP contribution in [0.4, 0.5) is 0 Å². The van der Waals surface area contributed by atoms with Gasteiger partial charge in [0.05, 0.1) is 13.2 Å². The van der Waals surface area contributed by atoms with Crippen LogP contribution in [0.15, 0.2) is 39.8 Å². The molecule has 0 bridgehead atoms. The molecule has 0 aliphatic carbocycles. The van der Waals surface area contributed by atoms with E-state index in [1.165, 1.54) is 10.6 Å². The molecule has 2 atom stereocenters. The summed E-state index contributed by atoms with van der Waals surface area (Å²) in [5.74, 6) is -1.33. The molecule has 3 heterocycles. The van der Waals surface area contributed by atoms with Crippen LogP contribution in [0.2, 0.25) is 0 Å². The van der Waals surface area contributed by atoms with Gasteiger partial charge in [-0.05, 0) is 12.1 Å². The van der Waals surface area contributed by atoms with Crippen molar-refractivity contribution in [2.24, 2.45) is 11.3 Å². The van der Waals surface area contributed by atoms with Gasteiger partial charge in [0.15, 0.2) is 0 Å². The summed E-state index contributed by atoms with van der Waals surface area (Å²) in [5, 5.41) is 10.0. The molecule has 0 saturated carbocycles. The van der Waals surface area contributed by atoms with Gasteiger partial charge in [-0.15, -0.1) is 0 Å². The normalized spacial score (nSPS) is 28.3. The first kappa shape index (κ1) is 14.7. The average Bonchev–Trinajstić information content (AvgIpc) is 3.19. The van der Waals surface area contributed by atoms with Crippen molar-refractivity contribution in [1.29, 1.82) is 0 Å². The number of nitrogens with zero attached hydrogens (tertiary/aromatic N) is 1. The highest BCUT2D eigenvalue weighted by Gasteiger charge is 2.58. The molecular weight excluding hydrogens is 322 g/mol. The van der Waals surface area contributed by atoms with Crippen molar-refractivity contribution >= 4 is 27.0 Å². The van der Waals surface area contributed by atoms with Gasteiger partial charge in [-0.25, -0.2) is 8.42 Å². The molecule has 4 rings (SSSR count). The molecule has 0 amide bonds. The Kier molecular flexibility index (Phi) is 3.06. The fourth-order valence-corrected chi connectivity index (χ4v) is 5.14. The van der Waals surface area contributed by atoms with Gasteiger partial charge < -0.3 is 14.3 Å². The van der Waals surface area contributed by atoms with Crippen molar-refractivity contribution in [2.45, 2.75) is 4.90 Å². The molecule has 0 radical (unpaired) electrons. The van der Waals surface area contributed by atoms with Crippen molar-refractivity contribution in [3.8, 4) is 0 Å². The van der Waals surface area contributed by atoms with Crippen LogP contribution in [0.1, 0.15) is 0 Å². The second kappa shape index (κ2) is 4.80. The molecular formula is C15H15NO6S. The van der Waals surface area contributed by atoms with Crippen molar-refractivity contribution in [2.75, 3.05) is 26.3 Å². The van der Waals surface area contributed by atoms with Crippen LogP contribution in [-0.4, -0.2) is 50.1 Å². The number of carbonyl (C=O) groups is 1. The molecule has 122 valence electrons. The van der Waals surface area contributed by atoms with E-state index in [9.17, 15) is 18.3 Å². The maximum Gasteiger partial charge on any atom is 0.313 e.